The van der Waals surface area contributed by atoms with Crippen molar-refractivity contribution < 1.29 is 0 Å². The summed E-state index contributed by atoms with van der Waals surface area (Å²) in [7, 11) is 0. The van der Waals surface area contributed by atoms with Crippen molar-refractivity contribution >= 4 is 5.82 Å². The first kappa shape index (κ1) is 8.60. The van der Waals surface area contributed by atoms with E-state index in [4.69, 9.17) is 0 Å². The van der Waals surface area contributed by atoms with Gasteiger partial charge in [0.05, 0.1) is 11.7 Å². The summed E-state index contributed by atoms with van der Waals surface area (Å²) in [5.74, 6) is 1.22. The molecule has 2 rings (SSSR count). The molecule has 0 bridgehead atoms. The monoisotopic (exact) mass is 179 g/mol. The Morgan fingerprint density at radius 1 is 1.46 bits per heavy atom. The minimum Gasteiger partial charge on any atom is -0.370 e. The van der Waals surface area contributed by atoms with Crippen LogP contribution in [0.5, 0.6) is 0 Å². The van der Waals surface area contributed by atoms with Gasteiger partial charge in [0.25, 0.3) is 0 Å². The molecular formula is C10H17N3. The smallest absolute Gasteiger partial charge is 0.128 e. The van der Waals surface area contributed by atoms with Crippen LogP contribution >= 0.6 is 0 Å². The zero-order valence-corrected chi connectivity index (χ0v) is 8.59. The molecule has 0 saturated carbocycles. The Morgan fingerprint density at radius 2 is 2.23 bits per heavy atom. The van der Waals surface area contributed by atoms with Crippen molar-refractivity contribution in [3.8, 4) is 0 Å². The summed E-state index contributed by atoms with van der Waals surface area (Å²) in [6, 6.07) is 0. The zero-order chi connectivity index (χ0) is 9.47. The Morgan fingerprint density at radius 3 is 2.92 bits per heavy atom. The van der Waals surface area contributed by atoms with E-state index < -0.39 is 0 Å². The van der Waals surface area contributed by atoms with Crippen LogP contribution in [0.3, 0.4) is 0 Å². The summed E-state index contributed by atoms with van der Waals surface area (Å²) in [4.78, 5) is 0. The van der Waals surface area contributed by atoms with Gasteiger partial charge in [-0.3, -0.25) is 0 Å². The summed E-state index contributed by atoms with van der Waals surface area (Å²) < 4.78 is 2.08. The second kappa shape index (κ2) is 2.76. The van der Waals surface area contributed by atoms with Gasteiger partial charge in [-0.1, -0.05) is 0 Å². The van der Waals surface area contributed by atoms with Crippen LogP contribution < -0.4 is 5.32 Å². The van der Waals surface area contributed by atoms with Crippen LogP contribution in [-0.2, 0) is 12.0 Å². The highest BCUT2D eigenvalue weighted by Gasteiger charge is 2.22. The molecule has 72 valence electrons. The maximum absolute atomic E-state index is 4.42. The van der Waals surface area contributed by atoms with E-state index in [1.165, 1.54) is 24.2 Å². The van der Waals surface area contributed by atoms with Crippen molar-refractivity contribution in [3.05, 3.63) is 11.8 Å². The maximum atomic E-state index is 4.42. The Kier molecular flexibility index (Phi) is 1.82. The lowest BCUT2D eigenvalue weighted by Crippen LogP contribution is -2.26. The number of aromatic nitrogens is 2. The summed E-state index contributed by atoms with van der Waals surface area (Å²) in [6.45, 7) is 7.61. The number of rotatable bonds is 0. The first-order chi connectivity index (χ1) is 6.09. The summed E-state index contributed by atoms with van der Waals surface area (Å²) >= 11 is 0. The predicted molar refractivity (Wildman–Crippen MR) is 54.0 cm³/mol. The predicted octanol–water partition coefficient (Wildman–Crippen LogP) is 2.00. The van der Waals surface area contributed by atoms with Crippen LogP contribution in [0.25, 0.3) is 0 Å². The number of hydrogen-bond acceptors (Lipinski definition) is 2. The summed E-state index contributed by atoms with van der Waals surface area (Å²) in [5, 5.41) is 7.84. The Balaban J connectivity index is 2.43. The first-order valence-corrected chi connectivity index (χ1v) is 4.90. The minimum atomic E-state index is 0.0813. The van der Waals surface area contributed by atoms with E-state index in [1.807, 2.05) is 6.20 Å². The van der Waals surface area contributed by atoms with Gasteiger partial charge in [0, 0.05) is 12.1 Å². The molecule has 1 aliphatic rings. The van der Waals surface area contributed by atoms with Crippen molar-refractivity contribution in [1.29, 1.82) is 0 Å². The number of hydrogen-bond donors (Lipinski definition) is 1. The molecule has 0 amide bonds. The van der Waals surface area contributed by atoms with Gasteiger partial charge in [-0.15, -0.1) is 0 Å². The van der Waals surface area contributed by atoms with Gasteiger partial charge in [-0.25, -0.2) is 4.68 Å². The van der Waals surface area contributed by atoms with E-state index in [0.29, 0.717) is 0 Å². The fraction of sp³-hybridized carbons (Fsp3) is 0.700. The number of aryl methyl sites for hydroxylation is 1. The van der Waals surface area contributed by atoms with Crippen molar-refractivity contribution in [2.75, 3.05) is 11.9 Å². The maximum Gasteiger partial charge on any atom is 0.128 e. The molecule has 0 radical (unpaired) electrons. The lowest BCUT2D eigenvalue weighted by Gasteiger charge is -2.25. The van der Waals surface area contributed by atoms with Crippen molar-refractivity contribution in [2.24, 2.45) is 0 Å². The van der Waals surface area contributed by atoms with E-state index in [2.05, 4.69) is 35.9 Å². The topological polar surface area (TPSA) is 29.9 Å². The van der Waals surface area contributed by atoms with Crippen LogP contribution in [0.1, 0.15) is 32.8 Å². The Labute approximate surface area is 79.1 Å². The van der Waals surface area contributed by atoms with E-state index >= 15 is 0 Å². The molecule has 0 spiro atoms. The molecule has 0 saturated heterocycles. The molecule has 0 atom stereocenters. The Bertz CT molecular complexity index is 306. The fourth-order valence-corrected chi connectivity index (χ4v) is 1.75. The van der Waals surface area contributed by atoms with Gasteiger partial charge in [0.1, 0.15) is 5.82 Å². The largest absolute Gasteiger partial charge is 0.370 e. The minimum absolute atomic E-state index is 0.0813. The molecule has 2 heterocycles. The van der Waals surface area contributed by atoms with Gasteiger partial charge in [0.15, 0.2) is 0 Å². The first-order valence-electron chi connectivity index (χ1n) is 4.90. The van der Waals surface area contributed by atoms with E-state index in [1.54, 1.807) is 0 Å². The highest BCUT2D eigenvalue weighted by molar-refractivity contribution is 5.46. The second-order valence-corrected chi connectivity index (χ2v) is 4.63. The third-order valence-electron chi connectivity index (χ3n) is 2.40. The highest BCUT2D eigenvalue weighted by Crippen LogP contribution is 2.26. The quantitative estimate of drug-likeness (QED) is 0.660. The molecule has 3 nitrogen and oxygen atoms in total. The van der Waals surface area contributed by atoms with Crippen molar-refractivity contribution in [3.63, 3.8) is 0 Å². The normalized spacial score (nSPS) is 16.5. The van der Waals surface area contributed by atoms with Crippen LogP contribution in [-0.4, -0.2) is 16.3 Å². The van der Waals surface area contributed by atoms with Crippen LogP contribution in [0.15, 0.2) is 6.20 Å². The van der Waals surface area contributed by atoms with E-state index in [9.17, 15) is 0 Å². The molecule has 1 aromatic rings. The van der Waals surface area contributed by atoms with Crippen LogP contribution in [0.4, 0.5) is 5.82 Å². The molecule has 0 aliphatic carbocycles. The molecule has 0 fully saturated rings. The molecule has 3 heteroatoms. The highest BCUT2D eigenvalue weighted by atomic mass is 15.4. The number of fused-ring (bicyclic) bond motifs is 1. The molecule has 0 aromatic carbocycles. The van der Waals surface area contributed by atoms with Crippen LogP contribution in [0, 0.1) is 0 Å². The molecule has 1 aromatic heterocycles. The summed E-state index contributed by atoms with van der Waals surface area (Å²) in [5.41, 5.74) is 1.44. The van der Waals surface area contributed by atoms with Gasteiger partial charge < -0.3 is 5.32 Å². The number of nitrogens with one attached hydrogen (secondary N) is 1. The standard InChI is InChI=1S/C10H17N3/c1-10(2,3)13-9-8(7-12-13)5-4-6-11-9/h7,11H,4-6H2,1-3H3. The fourth-order valence-electron chi connectivity index (χ4n) is 1.75. The molecular weight excluding hydrogens is 162 g/mol. The zero-order valence-electron chi connectivity index (χ0n) is 8.59. The third kappa shape index (κ3) is 1.43. The van der Waals surface area contributed by atoms with E-state index in [-0.39, 0.29) is 5.54 Å². The molecule has 1 aliphatic heterocycles. The van der Waals surface area contributed by atoms with E-state index in [0.717, 1.165) is 6.54 Å². The molecule has 13 heavy (non-hydrogen) atoms. The third-order valence-corrected chi connectivity index (χ3v) is 2.40. The van der Waals surface area contributed by atoms with Crippen LogP contribution in [0.2, 0.25) is 0 Å². The van der Waals surface area contributed by atoms with Gasteiger partial charge >= 0.3 is 0 Å². The lowest BCUT2D eigenvalue weighted by atomic mass is 10.1. The van der Waals surface area contributed by atoms with Crippen molar-refractivity contribution in [2.45, 2.75) is 39.2 Å². The second-order valence-electron chi connectivity index (χ2n) is 4.63. The van der Waals surface area contributed by atoms with Gasteiger partial charge in [-0.05, 0) is 33.6 Å². The Hall–Kier alpha value is -0.990. The molecule has 0 unspecified atom stereocenters. The SMILES string of the molecule is CC(C)(C)n1ncc2c1NCCC2. The molecule has 1 N–H and O–H groups in total. The number of anilines is 1. The number of nitrogens with zero attached hydrogens (tertiary/aromatic N) is 2. The average Bonchev–Trinajstić information content (AvgIpc) is 2.45. The van der Waals surface area contributed by atoms with Gasteiger partial charge in [0.2, 0.25) is 0 Å². The lowest BCUT2D eigenvalue weighted by molar-refractivity contribution is 0.359. The van der Waals surface area contributed by atoms with Gasteiger partial charge in [-0.2, -0.15) is 5.10 Å². The average molecular weight is 179 g/mol. The summed E-state index contributed by atoms with van der Waals surface area (Å²) in [6.07, 6.45) is 4.38. The van der Waals surface area contributed by atoms with Crippen molar-refractivity contribution in [1.82, 2.24) is 9.78 Å².